The van der Waals surface area contributed by atoms with Crippen LogP contribution >= 0.6 is 0 Å². The van der Waals surface area contributed by atoms with E-state index in [0.717, 1.165) is 5.56 Å². The first-order valence-electron chi connectivity index (χ1n) is 4.40. The molecule has 15 heavy (non-hydrogen) atoms. The molecule has 0 radical (unpaired) electrons. The molecule has 0 saturated heterocycles. The maximum atomic E-state index is 13.1. The van der Waals surface area contributed by atoms with Crippen molar-refractivity contribution < 1.29 is 8.81 Å². The molecule has 0 unspecified atom stereocenters. The Morgan fingerprint density at radius 3 is 2.80 bits per heavy atom. The number of nitrogen functional groups attached to an aromatic ring is 1. The van der Waals surface area contributed by atoms with E-state index < -0.39 is 0 Å². The lowest BCUT2D eigenvalue weighted by molar-refractivity contribution is 0.581. The van der Waals surface area contributed by atoms with Crippen LogP contribution in [0.15, 0.2) is 28.9 Å². The molecule has 0 spiro atoms. The zero-order chi connectivity index (χ0) is 10.8. The van der Waals surface area contributed by atoms with Crippen molar-refractivity contribution in [1.29, 1.82) is 0 Å². The van der Waals surface area contributed by atoms with Gasteiger partial charge in [-0.15, -0.1) is 0 Å². The maximum Gasteiger partial charge on any atom is 0.292 e. The molecule has 4 nitrogen and oxygen atoms in total. The Hall–Kier alpha value is -1.88. The summed E-state index contributed by atoms with van der Waals surface area (Å²) in [5.74, 6) is -0.322. The second-order valence-electron chi connectivity index (χ2n) is 3.08. The number of nitrogens with two attached hydrogens (primary N) is 2. The number of benzene rings is 1. The van der Waals surface area contributed by atoms with Gasteiger partial charge in [0, 0.05) is 17.7 Å². The van der Waals surface area contributed by atoms with Gasteiger partial charge in [0.2, 0.25) is 0 Å². The highest BCUT2D eigenvalue weighted by atomic mass is 19.1. The van der Waals surface area contributed by atoms with Gasteiger partial charge in [-0.05, 0) is 18.2 Å². The van der Waals surface area contributed by atoms with Gasteiger partial charge in [0.05, 0.1) is 0 Å². The number of rotatable bonds is 2. The molecule has 0 bridgehead atoms. The first-order valence-corrected chi connectivity index (χ1v) is 4.40. The summed E-state index contributed by atoms with van der Waals surface area (Å²) in [6, 6.07) is 4.67. The van der Waals surface area contributed by atoms with E-state index in [0.29, 0.717) is 11.3 Å². The fraction of sp³-hybridized carbons (Fsp3) is 0.100. The number of halogens is 1. The van der Waals surface area contributed by atoms with Crippen molar-refractivity contribution in [2.45, 2.75) is 6.54 Å². The van der Waals surface area contributed by atoms with Crippen molar-refractivity contribution in [2.24, 2.45) is 5.73 Å². The zero-order valence-electron chi connectivity index (χ0n) is 7.90. The summed E-state index contributed by atoms with van der Waals surface area (Å²) in [6.45, 7) is 0.146. The van der Waals surface area contributed by atoms with Crippen LogP contribution in [0.2, 0.25) is 0 Å². The third kappa shape index (κ3) is 1.82. The zero-order valence-corrected chi connectivity index (χ0v) is 7.90. The molecule has 0 aliphatic carbocycles. The molecule has 78 valence electrons. The minimum Gasteiger partial charge on any atom is -0.432 e. The Morgan fingerprint density at radius 1 is 1.40 bits per heavy atom. The summed E-state index contributed by atoms with van der Waals surface area (Å²) in [6.07, 6.45) is 1.42. The second kappa shape index (κ2) is 3.70. The van der Waals surface area contributed by atoms with Crippen LogP contribution in [-0.2, 0) is 6.54 Å². The van der Waals surface area contributed by atoms with Crippen molar-refractivity contribution >= 4 is 6.01 Å². The third-order valence-corrected chi connectivity index (χ3v) is 2.08. The highest BCUT2D eigenvalue weighted by molar-refractivity contribution is 5.60. The molecular weight excluding hydrogens is 197 g/mol. The minimum atomic E-state index is -0.322. The van der Waals surface area contributed by atoms with Crippen molar-refractivity contribution in [1.82, 2.24) is 4.98 Å². The summed E-state index contributed by atoms with van der Waals surface area (Å²) >= 11 is 0. The fourth-order valence-corrected chi connectivity index (χ4v) is 1.31. The van der Waals surface area contributed by atoms with E-state index in [9.17, 15) is 4.39 Å². The molecule has 0 amide bonds. The number of aromatic nitrogens is 1. The largest absolute Gasteiger partial charge is 0.432 e. The number of nitrogens with zero attached hydrogens (tertiary/aromatic N) is 1. The SMILES string of the molecule is NCc1cc(-c2coc(N)n2)ccc1F. The highest BCUT2D eigenvalue weighted by Gasteiger charge is 2.07. The van der Waals surface area contributed by atoms with Crippen LogP contribution in [-0.4, -0.2) is 4.98 Å². The molecular formula is C10H10FN3O. The first-order chi connectivity index (χ1) is 7.20. The van der Waals surface area contributed by atoms with Gasteiger partial charge >= 0.3 is 0 Å². The van der Waals surface area contributed by atoms with E-state index in [-0.39, 0.29) is 18.4 Å². The Balaban J connectivity index is 2.45. The van der Waals surface area contributed by atoms with Crippen LogP contribution < -0.4 is 11.5 Å². The average Bonchev–Trinajstić information content (AvgIpc) is 2.66. The monoisotopic (exact) mass is 207 g/mol. The quantitative estimate of drug-likeness (QED) is 0.782. The number of hydrogen-bond donors (Lipinski definition) is 2. The molecule has 5 heteroatoms. The predicted octanol–water partition coefficient (Wildman–Crippen LogP) is 1.52. The number of hydrogen-bond acceptors (Lipinski definition) is 4. The van der Waals surface area contributed by atoms with Gasteiger partial charge in [0.1, 0.15) is 17.8 Å². The standard InChI is InChI=1S/C10H10FN3O/c11-8-2-1-6(3-7(8)4-12)9-5-15-10(13)14-9/h1-3,5H,4,12H2,(H2,13,14). The molecule has 0 aliphatic rings. The van der Waals surface area contributed by atoms with Gasteiger partial charge < -0.3 is 15.9 Å². The van der Waals surface area contributed by atoms with Crippen LogP contribution in [0.3, 0.4) is 0 Å². The van der Waals surface area contributed by atoms with Crippen LogP contribution in [0.4, 0.5) is 10.4 Å². The predicted molar refractivity (Wildman–Crippen MR) is 54.2 cm³/mol. The third-order valence-electron chi connectivity index (χ3n) is 2.08. The van der Waals surface area contributed by atoms with E-state index in [1.54, 1.807) is 12.1 Å². The summed E-state index contributed by atoms with van der Waals surface area (Å²) in [5.41, 5.74) is 12.5. The first kappa shape index (κ1) is 9.67. The Kier molecular flexibility index (Phi) is 2.39. The highest BCUT2D eigenvalue weighted by Crippen LogP contribution is 2.21. The maximum absolute atomic E-state index is 13.1. The van der Waals surface area contributed by atoms with Crippen molar-refractivity contribution in [3.63, 3.8) is 0 Å². The molecule has 1 aromatic carbocycles. The second-order valence-corrected chi connectivity index (χ2v) is 3.08. The topological polar surface area (TPSA) is 78.1 Å². The van der Waals surface area contributed by atoms with Gasteiger partial charge in [-0.2, -0.15) is 4.98 Å². The molecule has 0 aliphatic heterocycles. The lowest BCUT2D eigenvalue weighted by Crippen LogP contribution is -1.99. The van der Waals surface area contributed by atoms with E-state index in [4.69, 9.17) is 15.9 Å². The average molecular weight is 207 g/mol. The van der Waals surface area contributed by atoms with Gasteiger partial charge in [0.15, 0.2) is 0 Å². The smallest absolute Gasteiger partial charge is 0.292 e. The van der Waals surface area contributed by atoms with Crippen molar-refractivity contribution in [3.8, 4) is 11.3 Å². The summed E-state index contributed by atoms with van der Waals surface area (Å²) < 4.78 is 18.0. The Bertz CT molecular complexity index is 481. The van der Waals surface area contributed by atoms with Crippen molar-refractivity contribution in [3.05, 3.63) is 35.8 Å². The van der Waals surface area contributed by atoms with Crippen LogP contribution in [0.25, 0.3) is 11.3 Å². The number of anilines is 1. The van der Waals surface area contributed by atoms with Gasteiger partial charge in [-0.25, -0.2) is 4.39 Å². The molecule has 2 rings (SSSR count). The van der Waals surface area contributed by atoms with Gasteiger partial charge in [-0.3, -0.25) is 0 Å². The lowest BCUT2D eigenvalue weighted by atomic mass is 10.1. The molecule has 0 saturated carbocycles. The van der Waals surface area contributed by atoms with Gasteiger partial charge in [0.25, 0.3) is 6.01 Å². The normalized spacial score (nSPS) is 10.5. The Morgan fingerprint density at radius 2 is 2.20 bits per heavy atom. The van der Waals surface area contributed by atoms with E-state index in [1.165, 1.54) is 12.3 Å². The molecule has 0 fully saturated rings. The lowest BCUT2D eigenvalue weighted by Gasteiger charge is -2.01. The van der Waals surface area contributed by atoms with Crippen molar-refractivity contribution in [2.75, 3.05) is 5.73 Å². The molecule has 0 atom stereocenters. The van der Waals surface area contributed by atoms with E-state index >= 15 is 0 Å². The molecule has 2 aromatic rings. The fourth-order valence-electron chi connectivity index (χ4n) is 1.31. The number of oxazole rings is 1. The van der Waals surface area contributed by atoms with Gasteiger partial charge in [-0.1, -0.05) is 0 Å². The molecule has 1 aromatic heterocycles. The van der Waals surface area contributed by atoms with Crippen LogP contribution in [0.5, 0.6) is 0 Å². The van der Waals surface area contributed by atoms with E-state index in [2.05, 4.69) is 4.98 Å². The summed E-state index contributed by atoms with van der Waals surface area (Å²) in [7, 11) is 0. The molecule has 4 N–H and O–H groups in total. The molecule has 1 heterocycles. The summed E-state index contributed by atoms with van der Waals surface area (Å²) in [5, 5.41) is 0. The van der Waals surface area contributed by atoms with Crippen LogP contribution in [0, 0.1) is 5.82 Å². The minimum absolute atomic E-state index is 0.0867. The summed E-state index contributed by atoms with van der Waals surface area (Å²) in [4.78, 5) is 3.93. The van der Waals surface area contributed by atoms with E-state index in [1.807, 2.05) is 0 Å². The Labute approximate surface area is 85.7 Å². The van der Waals surface area contributed by atoms with Crippen LogP contribution in [0.1, 0.15) is 5.56 Å².